The number of piperidine rings is 1. The predicted octanol–water partition coefficient (Wildman–Crippen LogP) is 0.838. The van der Waals surface area contributed by atoms with E-state index in [4.69, 9.17) is 0 Å². The first kappa shape index (κ1) is 19.7. The highest BCUT2D eigenvalue weighted by molar-refractivity contribution is 5.88. The molecule has 1 aliphatic carbocycles. The van der Waals surface area contributed by atoms with E-state index in [0.717, 1.165) is 84.1 Å². The Balaban J connectivity index is 1.42. The molecule has 4 fully saturated rings. The standard InChI is InChI=1S/C21H34N4O3/c26-19-14-22-9-13-25(19)16-6-5-12-24(15-16)21(28)18-8-2-1-7-17(18)20(27)23-10-3-4-11-23/h16-18,22H,1-15H2. The van der Waals surface area contributed by atoms with Crippen LogP contribution in [-0.4, -0.2) is 84.3 Å². The minimum absolute atomic E-state index is 0.128. The zero-order valence-corrected chi connectivity index (χ0v) is 16.9. The second-order valence-electron chi connectivity index (χ2n) is 8.87. The van der Waals surface area contributed by atoms with Crippen molar-refractivity contribution >= 4 is 17.7 Å². The SMILES string of the molecule is O=C(C1CCCCC1C(=O)N1CCCC(N2CCNCC2=O)C1)N1CCCC1. The molecule has 4 rings (SSSR count). The molecule has 1 N–H and O–H groups in total. The molecule has 0 radical (unpaired) electrons. The lowest BCUT2D eigenvalue weighted by Crippen LogP contribution is -2.58. The lowest BCUT2D eigenvalue weighted by atomic mass is 9.77. The van der Waals surface area contributed by atoms with Crippen molar-refractivity contribution in [3.63, 3.8) is 0 Å². The second kappa shape index (κ2) is 8.80. The molecule has 0 aromatic carbocycles. The van der Waals surface area contributed by atoms with Crippen molar-refractivity contribution in [1.82, 2.24) is 20.0 Å². The summed E-state index contributed by atoms with van der Waals surface area (Å²) in [4.78, 5) is 44.7. The van der Waals surface area contributed by atoms with E-state index in [1.807, 2.05) is 14.7 Å². The van der Waals surface area contributed by atoms with Crippen LogP contribution in [0.5, 0.6) is 0 Å². The fourth-order valence-corrected chi connectivity index (χ4v) is 5.55. The Morgan fingerprint density at radius 1 is 0.786 bits per heavy atom. The number of hydrogen-bond acceptors (Lipinski definition) is 4. The first-order valence-electron chi connectivity index (χ1n) is 11.2. The van der Waals surface area contributed by atoms with Crippen LogP contribution < -0.4 is 5.32 Å². The van der Waals surface area contributed by atoms with Crippen molar-refractivity contribution in [1.29, 1.82) is 0 Å². The van der Waals surface area contributed by atoms with E-state index in [9.17, 15) is 14.4 Å². The topological polar surface area (TPSA) is 73.0 Å². The zero-order valence-electron chi connectivity index (χ0n) is 16.9. The van der Waals surface area contributed by atoms with Crippen LogP contribution in [0, 0.1) is 11.8 Å². The van der Waals surface area contributed by atoms with Crippen LogP contribution in [-0.2, 0) is 14.4 Å². The Labute approximate surface area is 167 Å². The number of rotatable bonds is 3. The van der Waals surface area contributed by atoms with Gasteiger partial charge in [-0.2, -0.15) is 0 Å². The van der Waals surface area contributed by atoms with Gasteiger partial charge in [0.25, 0.3) is 0 Å². The third-order valence-corrected chi connectivity index (χ3v) is 7.09. The number of amides is 3. The van der Waals surface area contributed by atoms with Crippen molar-refractivity contribution in [2.45, 2.75) is 57.4 Å². The molecule has 3 aliphatic heterocycles. The third kappa shape index (κ3) is 4.04. The summed E-state index contributed by atoms with van der Waals surface area (Å²) in [7, 11) is 0. The minimum Gasteiger partial charge on any atom is -0.342 e. The Morgan fingerprint density at radius 3 is 2.11 bits per heavy atom. The van der Waals surface area contributed by atoms with Gasteiger partial charge >= 0.3 is 0 Å². The van der Waals surface area contributed by atoms with Gasteiger partial charge in [-0.1, -0.05) is 12.8 Å². The average molecular weight is 391 g/mol. The monoisotopic (exact) mass is 390 g/mol. The van der Waals surface area contributed by atoms with E-state index in [-0.39, 0.29) is 35.6 Å². The van der Waals surface area contributed by atoms with E-state index in [1.54, 1.807) is 0 Å². The summed E-state index contributed by atoms with van der Waals surface area (Å²) in [6, 6.07) is 0.128. The van der Waals surface area contributed by atoms with Crippen molar-refractivity contribution in [3.05, 3.63) is 0 Å². The lowest BCUT2D eigenvalue weighted by Gasteiger charge is -2.43. The number of likely N-dealkylation sites (tertiary alicyclic amines) is 2. The van der Waals surface area contributed by atoms with Gasteiger partial charge in [0.2, 0.25) is 17.7 Å². The van der Waals surface area contributed by atoms with Gasteiger partial charge in [0.1, 0.15) is 0 Å². The van der Waals surface area contributed by atoms with Crippen LogP contribution in [0.3, 0.4) is 0 Å². The normalized spacial score (nSPS) is 31.9. The number of nitrogens with zero attached hydrogens (tertiary/aromatic N) is 3. The lowest BCUT2D eigenvalue weighted by molar-refractivity contribution is -0.150. The van der Waals surface area contributed by atoms with Gasteiger partial charge in [-0.05, 0) is 38.5 Å². The summed E-state index contributed by atoms with van der Waals surface area (Å²) < 4.78 is 0. The molecule has 28 heavy (non-hydrogen) atoms. The molecule has 0 aromatic rings. The molecule has 7 nitrogen and oxygen atoms in total. The van der Waals surface area contributed by atoms with Crippen molar-refractivity contribution in [2.24, 2.45) is 11.8 Å². The highest BCUT2D eigenvalue weighted by Crippen LogP contribution is 2.34. The number of hydrogen-bond donors (Lipinski definition) is 1. The fraction of sp³-hybridized carbons (Fsp3) is 0.857. The third-order valence-electron chi connectivity index (χ3n) is 7.09. The van der Waals surface area contributed by atoms with Crippen molar-refractivity contribution in [3.8, 4) is 0 Å². The smallest absolute Gasteiger partial charge is 0.236 e. The summed E-state index contributed by atoms with van der Waals surface area (Å²) >= 11 is 0. The molecule has 3 saturated heterocycles. The Bertz CT molecular complexity index is 604. The fourth-order valence-electron chi connectivity index (χ4n) is 5.55. The van der Waals surface area contributed by atoms with Crippen LogP contribution in [0.1, 0.15) is 51.4 Å². The predicted molar refractivity (Wildman–Crippen MR) is 105 cm³/mol. The molecule has 0 spiro atoms. The highest BCUT2D eigenvalue weighted by atomic mass is 16.2. The van der Waals surface area contributed by atoms with Gasteiger partial charge in [0.05, 0.1) is 6.54 Å². The summed E-state index contributed by atoms with van der Waals surface area (Å²) in [5.41, 5.74) is 0. The molecular formula is C21H34N4O3. The van der Waals surface area contributed by atoms with E-state index in [2.05, 4.69) is 5.32 Å². The molecule has 156 valence electrons. The van der Waals surface area contributed by atoms with Crippen LogP contribution in [0.25, 0.3) is 0 Å². The minimum atomic E-state index is -0.167. The largest absolute Gasteiger partial charge is 0.342 e. The maximum absolute atomic E-state index is 13.4. The number of nitrogens with one attached hydrogen (secondary N) is 1. The quantitative estimate of drug-likeness (QED) is 0.775. The van der Waals surface area contributed by atoms with Gasteiger partial charge in [-0.25, -0.2) is 0 Å². The molecule has 7 heteroatoms. The summed E-state index contributed by atoms with van der Waals surface area (Å²) in [6.07, 6.45) is 7.84. The average Bonchev–Trinajstić information content (AvgIpc) is 3.28. The first-order chi connectivity index (χ1) is 13.6. The number of piperazine rings is 1. The second-order valence-corrected chi connectivity index (χ2v) is 8.87. The maximum atomic E-state index is 13.4. The summed E-state index contributed by atoms with van der Waals surface area (Å²) in [5, 5.41) is 3.12. The molecule has 3 amide bonds. The molecule has 4 aliphatic rings. The highest BCUT2D eigenvalue weighted by Gasteiger charge is 2.41. The van der Waals surface area contributed by atoms with E-state index in [0.29, 0.717) is 13.1 Å². The number of carbonyl (C=O) groups excluding carboxylic acids is 3. The first-order valence-corrected chi connectivity index (χ1v) is 11.2. The molecule has 0 bridgehead atoms. The molecule has 0 aromatic heterocycles. The Kier molecular flexibility index (Phi) is 6.19. The van der Waals surface area contributed by atoms with Gasteiger partial charge in [-0.15, -0.1) is 0 Å². The molecular weight excluding hydrogens is 356 g/mol. The van der Waals surface area contributed by atoms with E-state index in [1.165, 1.54) is 0 Å². The van der Waals surface area contributed by atoms with Gasteiger partial charge < -0.3 is 20.0 Å². The van der Waals surface area contributed by atoms with Crippen LogP contribution >= 0.6 is 0 Å². The van der Waals surface area contributed by atoms with Crippen LogP contribution in [0.4, 0.5) is 0 Å². The molecule has 3 atom stereocenters. The van der Waals surface area contributed by atoms with Gasteiger partial charge in [0, 0.05) is 57.1 Å². The Hall–Kier alpha value is -1.63. The zero-order chi connectivity index (χ0) is 19.5. The molecule has 3 heterocycles. The number of carbonyl (C=O) groups is 3. The summed E-state index contributed by atoms with van der Waals surface area (Å²) in [5.74, 6) is 0.205. The Morgan fingerprint density at radius 2 is 1.43 bits per heavy atom. The van der Waals surface area contributed by atoms with Gasteiger partial charge in [0.15, 0.2) is 0 Å². The maximum Gasteiger partial charge on any atom is 0.236 e. The van der Waals surface area contributed by atoms with Crippen LogP contribution in [0.15, 0.2) is 0 Å². The van der Waals surface area contributed by atoms with Crippen molar-refractivity contribution in [2.75, 3.05) is 45.8 Å². The van der Waals surface area contributed by atoms with Crippen molar-refractivity contribution < 1.29 is 14.4 Å². The van der Waals surface area contributed by atoms with Gasteiger partial charge in [-0.3, -0.25) is 14.4 Å². The molecule has 1 saturated carbocycles. The molecule has 3 unspecified atom stereocenters. The van der Waals surface area contributed by atoms with E-state index < -0.39 is 0 Å². The van der Waals surface area contributed by atoms with E-state index >= 15 is 0 Å². The summed E-state index contributed by atoms with van der Waals surface area (Å²) in [6.45, 7) is 5.05. The van der Waals surface area contributed by atoms with Crippen LogP contribution in [0.2, 0.25) is 0 Å².